The Morgan fingerprint density at radius 2 is 1.67 bits per heavy atom. The zero-order chi connectivity index (χ0) is 23.4. The highest BCUT2D eigenvalue weighted by Gasteiger charge is 2.29. The van der Waals surface area contributed by atoms with Gasteiger partial charge in [0.15, 0.2) is 5.78 Å². The quantitative estimate of drug-likeness (QED) is 0.519. The monoisotopic (exact) mass is 471 g/mol. The van der Waals surface area contributed by atoms with E-state index in [2.05, 4.69) is 23.3 Å². The molecular weight excluding hydrogens is 434 g/mol. The van der Waals surface area contributed by atoms with Crippen molar-refractivity contribution >= 4 is 15.8 Å². The van der Waals surface area contributed by atoms with Crippen LogP contribution in [0, 0.1) is 13.8 Å². The number of nitrogens with zero attached hydrogens (tertiary/aromatic N) is 3. The predicted octanol–water partition coefficient (Wildman–Crippen LogP) is 3.98. The molecule has 180 valence electrons. The van der Waals surface area contributed by atoms with Gasteiger partial charge in [-0.15, -0.1) is 0 Å². The van der Waals surface area contributed by atoms with Crippen LogP contribution in [0.3, 0.4) is 0 Å². The van der Waals surface area contributed by atoms with Crippen LogP contribution in [0.15, 0.2) is 36.4 Å². The molecule has 2 heterocycles. The fraction of sp³-hybridized carbons (Fsp3) is 0.577. The average Bonchev–Trinajstić information content (AvgIpc) is 3.42. The van der Waals surface area contributed by atoms with Crippen LogP contribution in [0.25, 0.3) is 0 Å². The van der Waals surface area contributed by atoms with Gasteiger partial charge in [-0.2, -0.15) is 4.31 Å². The van der Waals surface area contributed by atoms with Gasteiger partial charge in [0.2, 0.25) is 10.0 Å². The van der Waals surface area contributed by atoms with Crippen molar-refractivity contribution in [2.45, 2.75) is 58.4 Å². The summed E-state index contributed by atoms with van der Waals surface area (Å²) in [7, 11) is -3.26. The number of ketones is 1. The first-order valence-corrected chi connectivity index (χ1v) is 13.9. The molecule has 1 saturated carbocycles. The molecule has 0 spiro atoms. The first-order chi connectivity index (χ1) is 15.8. The molecule has 0 atom stereocenters. The topological polar surface area (TPSA) is 62.6 Å². The molecule has 6 nitrogen and oxygen atoms in total. The van der Waals surface area contributed by atoms with E-state index in [1.54, 1.807) is 4.31 Å². The number of benzene rings is 1. The Balaban J connectivity index is 1.27. The van der Waals surface area contributed by atoms with Gasteiger partial charge >= 0.3 is 0 Å². The van der Waals surface area contributed by atoms with Gasteiger partial charge in [0, 0.05) is 49.2 Å². The minimum absolute atomic E-state index is 0.145. The molecule has 1 aromatic heterocycles. The van der Waals surface area contributed by atoms with E-state index in [0.717, 1.165) is 17.7 Å². The van der Waals surface area contributed by atoms with Crippen molar-refractivity contribution in [2.75, 3.05) is 38.5 Å². The van der Waals surface area contributed by atoms with Crippen LogP contribution in [-0.2, 0) is 16.4 Å². The van der Waals surface area contributed by atoms with Gasteiger partial charge in [0.25, 0.3) is 0 Å². The normalized spacial score (nSPS) is 18.7. The van der Waals surface area contributed by atoms with Gasteiger partial charge in [-0.3, -0.25) is 9.69 Å². The Hall–Kier alpha value is -1.96. The van der Waals surface area contributed by atoms with E-state index in [1.807, 2.05) is 36.4 Å². The van der Waals surface area contributed by atoms with Crippen molar-refractivity contribution in [2.24, 2.45) is 0 Å². The second-order valence-electron chi connectivity index (χ2n) is 9.60. The smallest absolute Gasteiger partial charge is 0.214 e. The summed E-state index contributed by atoms with van der Waals surface area (Å²) in [4.78, 5) is 15.2. The number of piperazine rings is 1. The van der Waals surface area contributed by atoms with Crippen LogP contribution in [0.1, 0.15) is 65.5 Å². The maximum Gasteiger partial charge on any atom is 0.214 e. The molecule has 1 saturated heterocycles. The third kappa shape index (κ3) is 5.76. The zero-order valence-electron chi connectivity index (χ0n) is 20.0. The van der Waals surface area contributed by atoms with Crippen LogP contribution in [0.5, 0.6) is 0 Å². The largest absolute Gasteiger partial charge is 0.345 e. The highest BCUT2D eigenvalue weighted by Crippen LogP contribution is 2.33. The minimum Gasteiger partial charge on any atom is -0.345 e. The Morgan fingerprint density at radius 1 is 1.00 bits per heavy atom. The summed E-state index contributed by atoms with van der Waals surface area (Å²) in [5, 5.41) is 0. The van der Waals surface area contributed by atoms with Gasteiger partial charge in [-0.25, -0.2) is 8.42 Å². The SMILES string of the molecule is Cc1cc(C(=O)CN2CCN(S(=O)(=O)CCCc3ccccc3)CC2)c(C)n1C1CCCC1. The second-order valence-corrected chi connectivity index (χ2v) is 11.7. The summed E-state index contributed by atoms with van der Waals surface area (Å²) < 4.78 is 29.5. The lowest BCUT2D eigenvalue weighted by atomic mass is 10.1. The number of aryl methyl sites for hydroxylation is 2. The molecule has 0 radical (unpaired) electrons. The number of carbonyl (C=O) groups excluding carboxylic acids is 1. The number of Topliss-reactive ketones (excluding diaryl/α,β-unsaturated/α-hetero) is 1. The van der Waals surface area contributed by atoms with E-state index in [-0.39, 0.29) is 11.5 Å². The van der Waals surface area contributed by atoms with Gasteiger partial charge in [-0.1, -0.05) is 43.2 Å². The molecule has 0 amide bonds. The third-order valence-corrected chi connectivity index (χ3v) is 9.23. The number of aromatic nitrogens is 1. The minimum atomic E-state index is -3.26. The van der Waals surface area contributed by atoms with Gasteiger partial charge in [0.05, 0.1) is 12.3 Å². The standard InChI is InChI=1S/C26H37N3O3S/c1-21-19-25(22(2)29(21)24-12-6-7-13-24)26(30)20-27-14-16-28(17-15-27)33(31,32)18-8-11-23-9-4-3-5-10-23/h3-5,9-10,19,24H,6-8,11-18,20H2,1-2H3. The number of hydrogen-bond acceptors (Lipinski definition) is 4. The summed E-state index contributed by atoms with van der Waals surface area (Å²) >= 11 is 0. The van der Waals surface area contributed by atoms with Crippen LogP contribution < -0.4 is 0 Å². The summed E-state index contributed by atoms with van der Waals surface area (Å²) in [5.41, 5.74) is 4.26. The van der Waals surface area contributed by atoms with E-state index in [1.165, 1.54) is 36.9 Å². The van der Waals surface area contributed by atoms with E-state index < -0.39 is 10.0 Å². The molecule has 1 aliphatic carbocycles. The van der Waals surface area contributed by atoms with E-state index >= 15 is 0 Å². The molecule has 1 aromatic carbocycles. The highest BCUT2D eigenvalue weighted by molar-refractivity contribution is 7.89. The predicted molar refractivity (Wildman–Crippen MR) is 132 cm³/mol. The van der Waals surface area contributed by atoms with Crippen LogP contribution >= 0.6 is 0 Å². The molecular formula is C26H37N3O3S. The van der Waals surface area contributed by atoms with E-state index in [4.69, 9.17) is 0 Å². The molecule has 0 N–H and O–H groups in total. The van der Waals surface area contributed by atoms with Crippen molar-refractivity contribution in [3.05, 3.63) is 58.9 Å². The summed E-state index contributed by atoms with van der Waals surface area (Å²) in [5.74, 6) is 0.320. The fourth-order valence-corrected chi connectivity index (χ4v) is 6.96. The van der Waals surface area contributed by atoms with Crippen molar-refractivity contribution in [3.63, 3.8) is 0 Å². The highest BCUT2D eigenvalue weighted by atomic mass is 32.2. The van der Waals surface area contributed by atoms with Crippen LogP contribution in [-0.4, -0.2) is 66.4 Å². The number of carbonyl (C=O) groups is 1. The zero-order valence-corrected chi connectivity index (χ0v) is 20.8. The third-order valence-electron chi connectivity index (χ3n) is 7.28. The maximum absolute atomic E-state index is 13.1. The Morgan fingerprint density at radius 3 is 2.33 bits per heavy atom. The molecule has 2 fully saturated rings. The molecule has 0 bridgehead atoms. The number of hydrogen-bond donors (Lipinski definition) is 0. The number of sulfonamides is 1. The summed E-state index contributed by atoms with van der Waals surface area (Å²) in [6.07, 6.45) is 6.34. The molecule has 4 rings (SSSR count). The first-order valence-electron chi connectivity index (χ1n) is 12.3. The summed E-state index contributed by atoms with van der Waals surface area (Å²) in [6, 6.07) is 12.6. The Labute approximate surface area is 198 Å². The molecule has 7 heteroatoms. The molecule has 0 unspecified atom stereocenters. The van der Waals surface area contributed by atoms with E-state index in [0.29, 0.717) is 45.2 Å². The van der Waals surface area contributed by atoms with Gasteiger partial charge in [-0.05, 0) is 51.2 Å². The van der Waals surface area contributed by atoms with Crippen molar-refractivity contribution < 1.29 is 13.2 Å². The second kappa shape index (κ2) is 10.5. The van der Waals surface area contributed by atoms with Crippen molar-refractivity contribution in [1.29, 1.82) is 0 Å². The van der Waals surface area contributed by atoms with Gasteiger partial charge < -0.3 is 4.57 Å². The molecule has 2 aromatic rings. The lowest BCUT2D eigenvalue weighted by Gasteiger charge is -2.33. The first kappa shape index (κ1) is 24.2. The fourth-order valence-electron chi connectivity index (χ4n) is 5.47. The molecule has 1 aliphatic heterocycles. The van der Waals surface area contributed by atoms with Crippen LogP contribution in [0.4, 0.5) is 0 Å². The number of rotatable bonds is 9. The molecule has 33 heavy (non-hydrogen) atoms. The maximum atomic E-state index is 13.1. The average molecular weight is 472 g/mol. The van der Waals surface area contributed by atoms with Crippen LogP contribution in [0.2, 0.25) is 0 Å². The van der Waals surface area contributed by atoms with E-state index in [9.17, 15) is 13.2 Å². The molecule has 2 aliphatic rings. The Bertz CT molecular complexity index is 1050. The lowest BCUT2D eigenvalue weighted by Crippen LogP contribution is -2.50. The Kier molecular flexibility index (Phi) is 7.72. The van der Waals surface area contributed by atoms with Gasteiger partial charge in [0.1, 0.15) is 0 Å². The van der Waals surface area contributed by atoms with Crippen molar-refractivity contribution in [1.82, 2.24) is 13.8 Å². The summed E-state index contributed by atoms with van der Waals surface area (Å²) in [6.45, 7) is 6.65. The van der Waals surface area contributed by atoms with Crippen molar-refractivity contribution in [3.8, 4) is 0 Å². The lowest BCUT2D eigenvalue weighted by molar-refractivity contribution is 0.0901.